The number of hydrogen-bond donors (Lipinski definition) is 2. The minimum absolute atomic E-state index is 0.202. The van der Waals surface area contributed by atoms with E-state index in [2.05, 4.69) is 5.32 Å². The Bertz CT molecular complexity index is 777. The molecule has 5 heteroatoms. The summed E-state index contributed by atoms with van der Waals surface area (Å²) in [5, 5.41) is 5.79. The molecule has 0 saturated carbocycles. The van der Waals surface area contributed by atoms with Crippen LogP contribution in [0.15, 0.2) is 47.8 Å². The monoisotopic (exact) mass is 286 g/mol. The van der Waals surface area contributed by atoms with Gasteiger partial charge < -0.3 is 11.1 Å². The van der Waals surface area contributed by atoms with Gasteiger partial charge in [0.25, 0.3) is 5.91 Å². The number of thiophene rings is 1. The van der Waals surface area contributed by atoms with Crippen molar-refractivity contribution in [3.8, 4) is 0 Å². The first-order valence-corrected chi connectivity index (χ1v) is 6.84. The topological polar surface area (TPSA) is 55.1 Å². The van der Waals surface area contributed by atoms with E-state index in [-0.39, 0.29) is 17.2 Å². The number of halogens is 1. The van der Waals surface area contributed by atoms with Gasteiger partial charge in [0, 0.05) is 21.6 Å². The number of hydrogen-bond acceptors (Lipinski definition) is 3. The van der Waals surface area contributed by atoms with Crippen LogP contribution in [0.1, 0.15) is 10.4 Å². The molecule has 20 heavy (non-hydrogen) atoms. The minimum atomic E-state index is -0.525. The van der Waals surface area contributed by atoms with Gasteiger partial charge in [-0.05, 0) is 53.2 Å². The highest BCUT2D eigenvalue weighted by atomic mass is 32.1. The summed E-state index contributed by atoms with van der Waals surface area (Å²) in [6.45, 7) is 0. The summed E-state index contributed by atoms with van der Waals surface area (Å²) in [5.41, 5.74) is 6.63. The number of rotatable bonds is 2. The number of nitrogens with one attached hydrogen (secondary N) is 1. The fourth-order valence-corrected chi connectivity index (χ4v) is 2.76. The molecule has 0 unspecified atom stereocenters. The summed E-state index contributed by atoms with van der Waals surface area (Å²) in [5.74, 6) is -0.908. The zero-order valence-corrected chi connectivity index (χ0v) is 11.2. The molecule has 0 fully saturated rings. The number of anilines is 2. The van der Waals surface area contributed by atoms with Crippen LogP contribution in [0.3, 0.4) is 0 Å². The Balaban J connectivity index is 1.87. The van der Waals surface area contributed by atoms with Gasteiger partial charge in [-0.1, -0.05) is 0 Å². The molecule has 3 rings (SSSR count). The molecule has 1 amide bonds. The second-order valence-electron chi connectivity index (χ2n) is 4.40. The maximum atomic E-state index is 13.2. The minimum Gasteiger partial charge on any atom is -0.399 e. The van der Waals surface area contributed by atoms with E-state index in [1.54, 1.807) is 11.3 Å². The Morgan fingerprint density at radius 1 is 1.15 bits per heavy atom. The second kappa shape index (κ2) is 4.94. The van der Waals surface area contributed by atoms with E-state index in [4.69, 9.17) is 5.73 Å². The van der Waals surface area contributed by atoms with E-state index in [0.717, 1.165) is 16.2 Å². The van der Waals surface area contributed by atoms with Crippen molar-refractivity contribution in [2.45, 2.75) is 0 Å². The molecule has 0 aliphatic carbocycles. The molecule has 3 nitrogen and oxygen atoms in total. The predicted molar refractivity (Wildman–Crippen MR) is 80.6 cm³/mol. The Morgan fingerprint density at radius 3 is 2.80 bits per heavy atom. The van der Waals surface area contributed by atoms with Crippen LogP contribution in [0.25, 0.3) is 10.1 Å². The summed E-state index contributed by atoms with van der Waals surface area (Å²) in [4.78, 5) is 12.1. The van der Waals surface area contributed by atoms with Gasteiger partial charge in [0.15, 0.2) is 0 Å². The third-order valence-electron chi connectivity index (χ3n) is 2.89. The van der Waals surface area contributed by atoms with Gasteiger partial charge in [0.1, 0.15) is 5.82 Å². The largest absolute Gasteiger partial charge is 0.399 e. The van der Waals surface area contributed by atoms with E-state index >= 15 is 0 Å². The van der Waals surface area contributed by atoms with Crippen LogP contribution in [0.2, 0.25) is 0 Å². The summed E-state index contributed by atoms with van der Waals surface area (Å²) in [6.07, 6.45) is 0. The molecule has 0 aliphatic heterocycles. The number of nitrogen functional groups attached to an aromatic ring is 1. The maximum absolute atomic E-state index is 13.2. The average molecular weight is 286 g/mol. The zero-order valence-electron chi connectivity index (χ0n) is 10.4. The van der Waals surface area contributed by atoms with E-state index < -0.39 is 5.82 Å². The lowest BCUT2D eigenvalue weighted by Crippen LogP contribution is -2.12. The van der Waals surface area contributed by atoms with Crippen LogP contribution in [-0.4, -0.2) is 5.91 Å². The highest BCUT2D eigenvalue weighted by Crippen LogP contribution is 2.24. The van der Waals surface area contributed by atoms with Crippen molar-refractivity contribution in [2.75, 3.05) is 11.1 Å². The summed E-state index contributed by atoms with van der Waals surface area (Å²) >= 11 is 1.64. The highest BCUT2D eigenvalue weighted by molar-refractivity contribution is 7.17. The summed E-state index contributed by atoms with van der Waals surface area (Å²) in [7, 11) is 0. The molecule has 1 aromatic heterocycles. The Morgan fingerprint density at radius 2 is 2.00 bits per heavy atom. The third-order valence-corrected chi connectivity index (χ3v) is 3.79. The number of carbonyl (C=O) groups is 1. The fourth-order valence-electron chi connectivity index (χ4n) is 1.99. The fraction of sp³-hybridized carbons (Fsp3) is 0. The predicted octanol–water partition coefficient (Wildman–Crippen LogP) is 3.87. The summed E-state index contributed by atoms with van der Waals surface area (Å²) in [6, 6.07) is 11.4. The van der Waals surface area contributed by atoms with Gasteiger partial charge in [-0.2, -0.15) is 0 Å². The number of amides is 1. The first-order valence-electron chi connectivity index (χ1n) is 5.96. The molecule has 0 atom stereocenters. The SMILES string of the molecule is Nc1cc(F)cc(C(=O)Nc2ccc3sccc3c2)c1. The Hall–Kier alpha value is -2.40. The van der Waals surface area contributed by atoms with Crippen molar-refractivity contribution >= 4 is 38.7 Å². The molecule has 1 heterocycles. The van der Waals surface area contributed by atoms with Crippen molar-refractivity contribution in [2.24, 2.45) is 0 Å². The van der Waals surface area contributed by atoms with E-state index in [9.17, 15) is 9.18 Å². The quantitative estimate of drug-likeness (QED) is 0.702. The number of nitrogens with two attached hydrogens (primary N) is 1. The lowest BCUT2D eigenvalue weighted by atomic mass is 10.1. The van der Waals surface area contributed by atoms with Crippen LogP contribution in [0, 0.1) is 5.82 Å². The van der Waals surface area contributed by atoms with Crippen LogP contribution in [0.5, 0.6) is 0 Å². The third kappa shape index (κ3) is 2.48. The molecule has 2 aromatic carbocycles. The molecule has 3 aromatic rings. The lowest BCUT2D eigenvalue weighted by molar-refractivity contribution is 0.102. The van der Waals surface area contributed by atoms with Crippen molar-refractivity contribution in [3.63, 3.8) is 0 Å². The van der Waals surface area contributed by atoms with E-state index in [1.165, 1.54) is 12.1 Å². The van der Waals surface area contributed by atoms with Crippen molar-refractivity contribution < 1.29 is 9.18 Å². The average Bonchev–Trinajstić information content (AvgIpc) is 2.85. The van der Waals surface area contributed by atoms with Gasteiger partial charge in [-0.3, -0.25) is 4.79 Å². The molecule has 0 saturated heterocycles. The molecular formula is C15H11FN2OS. The Kier molecular flexibility index (Phi) is 3.12. The molecular weight excluding hydrogens is 275 g/mol. The molecule has 100 valence electrons. The van der Waals surface area contributed by atoms with Crippen LogP contribution >= 0.6 is 11.3 Å². The van der Waals surface area contributed by atoms with Gasteiger partial charge in [-0.15, -0.1) is 11.3 Å². The lowest BCUT2D eigenvalue weighted by Gasteiger charge is -2.06. The first kappa shape index (κ1) is 12.6. The number of fused-ring (bicyclic) bond motifs is 1. The number of carbonyl (C=O) groups excluding carboxylic acids is 1. The van der Waals surface area contributed by atoms with E-state index in [0.29, 0.717) is 5.69 Å². The number of benzene rings is 2. The molecule has 3 N–H and O–H groups in total. The van der Waals surface area contributed by atoms with Gasteiger partial charge in [0.05, 0.1) is 0 Å². The highest BCUT2D eigenvalue weighted by Gasteiger charge is 2.09. The van der Waals surface area contributed by atoms with Crippen molar-refractivity contribution in [1.82, 2.24) is 0 Å². The standard InChI is InChI=1S/C15H11FN2OS/c16-11-5-10(6-12(17)8-11)15(19)18-13-1-2-14-9(7-13)3-4-20-14/h1-8H,17H2,(H,18,19). The molecule has 0 spiro atoms. The van der Waals surface area contributed by atoms with Crippen LogP contribution in [-0.2, 0) is 0 Å². The first-order chi connectivity index (χ1) is 9.61. The molecule has 0 aliphatic rings. The van der Waals surface area contributed by atoms with Gasteiger partial charge >= 0.3 is 0 Å². The second-order valence-corrected chi connectivity index (χ2v) is 5.35. The van der Waals surface area contributed by atoms with Gasteiger partial charge in [-0.25, -0.2) is 4.39 Å². The smallest absolute Gasteiger partial charge is 0.255 e. The Labute approximate surface area is 118 Å². The van der Waals surface area contributed by atoms with Crippen molar-refractivity contribution in [3.05, 3.63) is 59.2 Å². The normalized spacial score (nSPS) is 10.7. The van der Waals surface area contributed by atoms with Crippen molar-refractivity contribution in [1.29, 1.82) is 0 Å². The summed E-state index contributed by atoms with van der Waals surface area (Å²) < 4.78 is 14.4. The molecule has 0 bridgehead atoms. The maximum Gasteiger partial charge on any atom is 0.255 e. The van der Waals surface area contributed by atoms with Gasteiger partial charge in [0.2, 0.25) is 0 Å². The zero-order chi connectivity index (χ0) is 14.1. The van der Waals surface area contributed by atoms with Crippen LogP contribution in [0.4, 0.5) is 15.8 Å². The van der Waals surface area contributed by atoms with E-state index in [1.807, 2.05) is 29.6 Å². The van der Waals surface area contributed by atoms with Crippen LogP contribution < -0.4 is 11.1 Å². The molecule has 0 radical (unpaired) electrons.